The van der Waals surface area contributed by atoms with Gasteiger partial charge in [-0.3, -0.25) is 9.79 Å². The molecule has 1 amide bonds. The maximum atomic E-state index is 14.3. The number of hydrogen-bond acceptors (Lipinski definition) is 8. The number of halogens is 2. The molecule has 3 heterocycles. The van der Waals surface area contributed by atoms with Gasteiger partial charge < -0.3 is 24.4 Å². The Labute approximate surface area is 215 Å². The molecule has 158 valence electrons. The van der Waals surface area contributed by atoms with Gasteiger partial charge in [0.25, 0.3) is 5.91 Å². The van der Waals surface area contributed by atoms with Gasteiger partial charge in [0.15, 0.2) is 6.04 Å². The molecule has 0 radical (unpaired) electrons. The number of aromatic nitrogens is 1. The summed E-state index contributed by atoms with van der Waals surface area (Å²) < 4.78 is 18.6. The maximum absolute atomic E-state index is 14.3. The second-order valence-electron chi connectivity index (χ2n) is 7.52. The molecule has 2 saturated heterocycles. The molecular formula is C19H15CaClFN3O5S. The van der Waals surface area contributed by atoms with E-state index in [-0.39, 0.29) is 65.3 Å². The number of hydrogen-bond donors (Lipinski definition) is 0. The Kier molecular flexibility index (Phi) is 6.71. The van der Waals surface area contributed by atoms with Gasteiger partial charge in [0.05, 0.1) is 28.2 Å². The monoisotopic (exact) mass is 491 g/mol. The number of carboxylic acid groups (broad SMARTS) is 1. The van der Waals surface area contributed by atoms with Gasteiger partial charge in [0, 0.05) is 4.75 Å². The second kappa shape index (κ2) is 8.55. The number of carbonyl (C=O) groups excluding carboxylic acids is 2. The van der Waals surface area contributed by atoms with Crippen LogP contribution < -0.4 is 10.2 Å². The Balaban J connectivity index is 0.00000272. The Morgan fingerprint density at radius 3 is 2.68 bits per heavy atom. The molecule has 2 fully saturated rings. The third-order valence-corrected chi connectivity index (χ3v) is 7.04. The number of β-lactam (4-membered cyclic amide) rings is 1. The van der Waals surface area contributed by atoms with Gasteiger partial charge in [-0.1, -0.05) is 22.8 Å². The number of fused-ring (bicyclic) bond motifs is 1. The molecule has 2 aromatic rings. The first kappa shape index (κ1) is 24.3. The average Bonchev–Trinajstić information content (AvgIpc) is 3.14. The van der Waals surface area contributed by atoms with Crippen molar-refractivity contribution in [1.82, 2.24) is 10.1 Å². The van der Waals surface area contributed by atoms with Crippen LogP contribution in [0.2, 0.25) is 5.02 Å². The minimum atomic E-state index is -1.36. The fraction of sp³-hybridized carbons (Fsp3) is 0.368. The summed E-state index contributed by atoms with van der Waals surface area (Å²) in [6.45, 7) is 4.83. The fourth-order valence-electron chi connectivity index (χ4n) is 3.80. The number of aliphatic imine (C=N–C) groups is 1. The van der Waals surface area contributed by atoms with Gasteiger partial charge >= 0.3 is 37.7 Å². The summed E-state index contributed by atoms with van der Waals surface area (Å²) in [5.41, 5.74) is -0.323. The number of thioether (sulfide) groups is 1. The zero-order chi connectivity index (χ0) is 22.0. The van der Waals surface area contributed by atoms with E-state index in [9.17, 15) is 24.2 Å². The topological polar surface area (TPSA) is 122 Å². The third-order valence-electron chi connectivity index (χ3n) is 5.17. The van der Waals surface area contributed by atoms with Crippen molar-refractivity contribution in [2.75, 3.05) is 0 Å². The SMILES string of the molecule is Cc1onc(-c2c(F)cccc2Cl)c1C([O-])=NC1C(=O)N2C1SC(C)(C)C2C(=O)[O-].[Ca+2]. The van der Waals surface area contributed by atoms with Crippen molar-refractivity contribution < 1.29 is 28.7 Å². The smallest absolute Gasteiger partial charge is 0.858 e. The van der Waals surface area contributed by atoms with Gasteiger partial charge in [-0.25, -0.2) is 4.39 Å². The maximum Gasteiger partial charge on any atom is 2.00 e. The van der Waals surface area contributed by atoms with Gasteiger partial charge in [-0.15, -0.1) is 11.8 Å². The van der Waals surface area contributed by atoms with Crippen molar-refractivity contribution in [2.24, 2.45) is 4.99 Å². The van der Waals surface area contributed by atoms with Crippen LogP contribution in [-0.2, 0) is 9.59 Å². The van der Waals surface area contributed by atoms with Crippen LogP contribution in [0, 0.1) is 12.7 Å². The van der Waals surface area contributed by atoms with Crippen LogP contribution >= 0.6 is 23.4 Å². The second-order valence-corrected chi connectivity index (χ2v) is 9.70. The number of amides is 1. The van der Waals surface area contributed by atoms with E-state index in [0.29, 0.717) is 0 Å². The number of carbonyl (C=O) groups is 2. The van der Waals surface area contributed by atoms with Crippen LogP contribution in [0.5, 0.6) is 0 Å². The zero-order valence-electron chi connectivity index (χ0n) is 16.7. The molecule has 4 rings (SSSR count). The summed E-state index contributed by atoms with van der Waals surface area (Å²) in [6, 6.07) is 1.84. The van der Waals surface area contributed by atoms with E-state index in [1.165, 1.54) is 41.8 Å². The van der Waals surface area contributed by atoms with E-state index in [1.54, 1.807) is 13.8 Å². The molecule has 8 nitrogen and oxygen atoms in total. The molecule has 2 aliphatic heterocycles. The normalized spacial score (nSPS) is 24.4. The molecule has 2 aliphatic rings. The van der Waals surface area contributed by atoms with Crippen molar-refractivity contribution in [2.45, 2.75) is 43.0 Å². The molecule has 0 bridgehead atoms. The molecule has 12 heteroatoms. The van der Waals surface area contributed by atoms with Crippen LogP contribution in [0.15, 0.2) is 27.7 Å². The number of nitrogens with zero attached hydrogens (tertiary/aromatic N) is 3. The van der Waals surface area contributed by atoms with Crippen molar-refractivity contribution in [3.63, 3.8) is 0 Å². The summed E-state index contributed by atoms with van der Waals surface area (Å²) in [7, 11) is 0. The molecule has 0 N–H and O–H groups in total. The zero-order valence-corrected chi connectivity index (χ0v) is 20.5. The molecule has 0 saturated carbocycles. The van der Waals surface area contributed by atoms with Crippen molar-refractivity contribution >= 4 is 78.9 Å². The summed E-state index contributed by atoms with van der Waals surface area (Å²) in [5.74, 6) is -3.37. The molecular weight excluding hydrogens is 477 g/mol. The first-order valence-corrected chi connectivity index (χ1v) is 10.2. The van der Waals surface area contributed by atoms with E-state index in [1.807, 2.05) is 0 Å². The van der Waals surface area contributed by atoms with Gasteiger partial charge in [-0.2, -0.15) is 0 Å². The Hall–Kier alpha value is -1.33. The van der Waals surface area contributed by atoms with Crippen LogP contribution in [0.1, 0.15) is 25.2 Å². The fourth-order valence-corrected chi connectivity index (χ4v) is 5.66. The molecule has 1 aromatic heterocycles. The largest absolute Gasteiger partial charge is 2.00 e. The Morgan fingerprint density at radius 2 is 2.06 bits per heavy atom. The number of carboxylic acids is 1. The standard InChI is InChI=1S/C19H17ClFN3O5S.Ca/c1-7-10(12(23-29-7)11-8(20)5-4-6-9(11)21)15(25)22-13-16(26)24-14(18(27)28)19(2,3)30-17(13)24;/h4-6,13-14,17H,1-3H3,(H,22,25)(H,27,28);/q;+2/p-2. The third kappa shape index (κ3) is 3.86. The van der Waals surface area contributed by atoms with Crippen molar-refractivity contribution in [1.29, 1.82) is 0 Å². The van der Waals surface area contributed by atoms with Crippen molar-refractivity contribution in [3.8, 4) is 11.3 Å². The molecule has 31 heavy (non-hydrogen) atoms. The average molecular weight is 492 g/mol. The van der Waals surface area contributed by atoms with Gasteiger partial charge in [-0.05, 0) is 38.8 Å². The summed E-state index contributed by atoms with van der Waals surface area (Å²) >= 11 is 7.31. The van der Waals surface area contributed by atoms with Crippen LogP contribution in [0.4, 0.5) is 4.39 Å². The number of benzene rings is 1. The molecule has 0 spiro atoms. The first-order valence-electron chi connectivity index (χ1n) is 8.91. The van der Waals surface area contributed by atoms with Gasteiger partial charge in [0.2, 0.25) is 0 Å². The van der Waals surface area contributed by atoms with E-state index in [2.05, 4.69) is 10.1 Å². The molecule has 1 aromatic carbocycles. The number of aliphatic carboxylic acids is 1. The van der Waals surface area contributed by atoms with Crippen LogP contribution in [0.25, 0.3) is 11.3 Å². The van der Waals surface area contributed by atoms with E-state index in [0.717, 1.165) is 0 Å². The predicted molar refractivity (Wildman–Crippen MR) is 109 cm³/mol. The quantitative estimate of drug-likeness (QED) is 0.262. The summed E-state index contributed by atoms with van der Waals surface area (Å²) in [4.78, 5) is 29.2. The summed E-state index contributed by atoms with van der Waals surface area (Å²) in [5, 5.41) is 27.6. The molecule has 3 atom stereocenters. The minimum absolute atomic E-state index is 0. The molecule has 0 aliphatic carbocycles. The van der Waals surface area contributed by atoms with E-state index >= 15 is 0 Å². The van der Waals surface area contributed by atoms with Gasteiger partial charge in [0.1, 0.15) is 22.6 Å². The first-order chi connectivity index (χ1) is 14.0. The van der Waals surface area contributed by atoms with E-state index < -0.39 is 45.8 Å². The van der Waals surface area contributed by atoms with Crippen LogP contribution in [0.3, 0.4) is 0 Å². The Morgan fingerprint density at radius 1 is 1.39 bits per heavy atom. The molecule has 3 unspecified atom stereocenters. The predicted octanol–water partition coefficient (Wildman–Crippen LogP) is 0.349. The number of rotatable bonds is 4. The number of aryl methyl sites for hydroxylation is 1. The van der Waals surface area contributed by atoms with Crippen molar-refractivity contribution in [3.05, 3.63) is 40.4 Å². The minimum Gasteiger partial charge on any atom is -0.858 e. The van der Waals surface area contributed by atoms with E-state index in [4.69, 9.17) is 16.1 Å². The van der Waals surface area contributed by atoms with Crippen LogP contribution in [-0.4, -0.2) is 87.8 Å². The summed E-state index contributed by atoms with van der Waals surface area (Å²) in [6.07, 6.45) is 0. The Bertz CT molecular complexity index is 1090.